The Labute approximate surface area is 320 Å². The molecule has 0 fully saturated rings. The number of benzene rings is 1. The normalized spacial score (nSPS) is 12.8. The van der Waals surface area contributed by atoms with E-state index in [1.807, 2.05) is 0 Å². The second-order valence-corrected chi connectivity index (χ2v) is 16.6. The Morgan fingerprint density at radius 1 is 0.431 bits per heavy atom. The average Bonchev–Trinajstić information content (AvgIpc) is 3.69. The number of hydrogen-bond acceptors (Lipinski definition) is 0. The molecule has 0 amide bonds. The van der Waals surface area contributed by atoms with Gasteiger partial charge in [-0.2, -0.15) is 0 Å². The van der Waals surface area contributed by atoms with Crippen LogP contribution in [-0.2, 0) is 6.42 Å². The number of rotatable bonds is 39. The van der Waals surface area contributed by atoms with Gasteiger partial charge in [0, 0.05) is 5.92 Å². The van der Waals surface area contributed by atoms with E-state index in [2.05, 4.69) is 72.5 Å². The van der Waals surface area contributed by atoms with E-state index in [9.17, 15) is 0 Å². The Morgan fingerprint density at radius 3 is 1.14 bits per heavy atom. The maximum atomic E-state index is 3.37. The first-order valence-electron chi connectivity index (χ1n) is 23.4. The third-order valence-electron chi connectivity index (χ3n) is 11.9. The van der Waals surface area contributed by atoms with Gasteiger partial charge in [0.05, 0.1) is 0 Å². The van der Waals surface area contributed by atoms with Crippen molar-refractivity contribution < 1.29 is 4.57 Å². The molecule has 1 N–H and O–H groups in total. The highest BCUT2D eigenvalue weighted by atomic mass is 15.1. The number of aromatic nitrogens is 2. The zero-order valence-electron chi connectivity index (χ0n) is 34.7. The molecule has 2 rings (SSSR count). The molecule has 0 saturated heterocycles. The Balaban J connectivity index is 1.59. The second-order valence-electron chi connectivity index (χ2n) is 16.6. The van der Waals surface area contributed by atoms with Gasteiger partial charge in [0.25, 0.3) is 0 Å². The zero-order valence-corrected chi connectivity index (χ0v) is 34.7. The molecule has 2 unspecified atom stereocenters. The van der Waals surface area contributed by atoms with Crippen molar-refractivity contribution in [2.75, 3.05) is 0 Å². The maximum absolute atomic E-state index is 3.37. The van der Waals surface area contributed by atoms with Gasteiger partial charge in [-0.05, 0) is 31.2 Å². The molecule has 2 atom stereocenters. The molecule has 0 aliphatic rings. The predicted octanol–water partition coefficient (Wildman–Crippen LogP) is 16.4. The number of imidazole rings is 1. The molecule has 0 saturated carbocycles. The largest absolute Gasteiger partial charge is 0.250 e. The molecule has 0 aliphatic carbocycles. The van der Waals surface area contributed by atoms with Gasteiger partial charge in [0.15, 0.2) is 0 Å². The Kier molecular flexibility index (Phi) is 31.7. The average molecular weight is 706 g/mol. The molecule has 0 aliphatic heterocycles. The molecule has 2 nitrogen and oxygen atoms in total. The monoisotopic (exact) mass is 706 g/mol. The number of H-pyrrole nitrogens is 1. The molecule has 0 spiro atoms. The first-order valence-corrected chi connectivity index (χ1v) is 23.4. The molecule has 0 bridgehead atoms. The van der Waals surface area contributed by atoms with E-state index in [-0.39, 0.29) is 0 Å². The number of aromatic amines is 1. The minimum atomic E-state index is 0.601. The van der Waals surface area contributed by atoms with Crippen molar-refractivity contribution >= 4 is 0 Å². The van der Waals surface area contributed by atoms with Crippen molar-refractivity contribution in [2.45, 2.75) is 251 Å². The third kappa shape index (κ3) is 26.8. The summed E-state index contributed by atoms with van der Waals surface area (Å²) in [6, 6.07) is 11.9. The standard InChI is InChI=1S/C49H88N2/c1-3-5-7-9-11-13-15-17-19-21-22-24-26-28-30-32-37-41-48(45-47-39-35-34-36-40-47)49(51-44-43-50-46-51)42-38-33-31-29-27-25-23-20-18-16-14-12-10-8-6-4-2/h34-36,39-40,43-44,46,48-49H,3-33,37-38,41-42,45H2,1-2H3/p+1. The lowest BCUT2D eigenvalue weighted by molar-refractivity contribution is -0.730. The van der Waals surface area contributed by atoms with E-state index in [1.165, 1.54) is 237 Å². The predicted molar refractivity (Wildman–Crippen MR) is 227 cm³/mol. The van der Waals surface area contributed by atoms with Crippen LogP contribution < -0.4 is 4.57 Å². The van der Waals surface area contributed by atoms with Crippen LogP contribution in [0, 0.1) is 5.92 Å². The molecular formula is C49H89N2+. The molecule has 2 heteroatoms. The van der Waals surface area contributed by atoms with E-state index in [4.69, 9.17) is 0 Å². The number of hydrogen-bond donors (Lipinski definition) is 1. The lowest BCUT2D eigenvalue weighted by Crippen LogP contribution is -2.42. The van der Waals surface area contributed by atoms with Gasteiger partial charge in [0.1, 0.15) is 18.4 Å². The van der Waals surface area contributed by atoms with E-state index >= 15 is 0 Å². The smallest absolute Gasteiger partial charge is 0.241 e. The van der Waals surface area contributed by atoms with Crippen LogP contribution in [0.25, 0.3) is 0 Å². The van der Waals surface area contributed by atoms with Gasteiger partial charge in [0.2, 0.25) is 6.33 Å². The zero-order chi connectivity index (χ0) is 36.1. The van der Waals surface area contributed by atoms with Gasteiger partial charge in [-0.15, -0.1) is 0 Å². The van der Waals surface area contributed by atoms with Crippen LogP contribution >= 0.6 is 0 Å². The topological polar surface area (TPSA) is 19.7 Å². The molecule has 51 heavy (non-hydrogen) atoms. The van der Waals surface area contributed by atoms with Crippen molar-refractivity contribution in [2.24, 2.45) is 5.92 Å². The number of unbranched alkanes of at least 4 members (excludes halogenated alkanes) is 31. The fraction of sp³-hybridized carbons (Fsp3) is 0.816. The molecule has 2 aromatic rings. The van der Waals surface area contributed by atoms with Gasteiger partial charge in [-0.3, -0.25) is 4.98 Å². The molecule has 0 radical (unpaired) electrons. The lowest BCUT2D eigenvalue weighted by Gasteiger charge is -2.25. The fourth-order valence-corrected chi connectivity index (χ4v) is 8.52. The first-order chi connectivity index (χ1) is 25.3. The summed E-state index contributed by atoms with van der Waals surface area (Å²) in [7, 11) is 0. The van der Waals surface area contributed by atoms with E-state index in [0.717, 1.165) is 0 Å². The van der Waals surface area contributed by atoms with Gasteiger partial charge in [-0.1, -0.05) is 250 Å². The summed E-state index contributed by atoms with van der Waals surface area (Å²) in [6.07, 6.45) is 58.1. The van der Waals surface area contributed by atoms with E-state index < -0.39 is 0 Å². The van der Waals surface area contributed by atoms with Crippen molar-refractivity contribution in [3.05, 3.63) is 54.6 Å². The summed E-state index contributed by atoms with van der Waals surface area (Å²) in [4.78, 5) is 3.37. The fourth-order valence-electron chi connectivity index (χ4n) is 8.52. The minimum Gasteiger partial charge on any atom is -0.250 e. The summed E-state index contributed by atoms with van der Waals surface area (Å²) in [5.74, 6) is 0.709. The summed E-state index contributed by atoms with van der Waals surface area (Å²) >= 11 is 0. The first kappa shape index (κ1) is 45.6. The molecule has 1 aromatic heterocycles. The van der Waals surface area contributed by atoms with Gasteiger partial charge >= 0.3 is 0 Å². The van der Waals surface area contributed by atoms with E-state index in [1.54, 1.807) is 0 Å². The Morgan fingerprint density at radius 2 is 0.784 bits per heavy atom. The van der Waals surface area contributed by atoms with Gasteiger partial charge < -0.3 is 0 Å². The van der Waals surface area contributed by atoms with Crippen LogP contribution in [0.1, 0.15) is 250 Å². The van der Waals surface area contributed by atoms with Crippen LogP contribution in [0.4, 0.5) is 0 Å². The molecule has 294 valence electrons. The minimum absolute atomic E-state index is 0.601. The van der Waals surface area contributed by atoms with Crippen molar-refractivity contribution in [1.82, 2.24) is 4.98 Å². The van der Waals surface area contributed by atoms with Crippen LogP contribution in [0.15, 0.2) is 49.1 Å². The quantitative estimate of drug-likeness (QED) is 0.0528. The Bertz CT molecular complexity index is 921. The Hall–Kier alpha value is -1.57. The van der Waals surface area contributed by atoms with Gasteiger partial charge in [-0.25, -0.2) is 4.57 Å². The highest BCUT2D eigenvalue weighted by Gasteiger charge is 2.26. The molecular weight excluding hydrogens is 617 g/mol. The third-order valence-corrected chi connectivity index (χ3v) is 11.9. The van der Waals surface area contributed by atoms with Crippen molar-refractivity contribution in [3.63, 3.8) is 0 Å². The summed E-state index contributed by atoms with van der Waals surface area (Å²) in [5, 5.41) is 0. The molecule has 1 aromatic carbocycles. The highest BCUT2D eigenvalue weighted by molar-refractivity contribution is 5.15. The summed E-state index contributed by atoms with van der Waals surface area (Å²) in [5.41, 5.74) is 1.52. The van der Waals surface area contributed by atoms with Crippen LogP contribution in [-0.4, -0.2) is 4.98 Å². The van der Waals surface area contributed by atoms with Crippen molar-refractivity contribution in [1.29, 1.82) is 0 Å². The summed E-state index contributed by atoms with van der Waals surface area (Å²) < 4.78 is 2.52. The lowest BCUT2D eigenvalue weighted by atomic mass is 9.84. The van der Waals surface area contributed by atoms with E-state index in [0.29, 0.717) is 12.0 Å². The highest BCUT2D eigenvalue weighted by Crippen LogP contribution is 2.29. The van der Waals surface area contributed by atoms with Crippen LogP contribution in [0.5, 0.6) is 0 Å². The summed E-state index contributed by atoms with van der Waals surface area (Å²) in [6.45, 7) is 4.62. The van der Waals surface area contributed by atoms with Crippen LogP contribution in [0.3, 0.4) is 0 Å². The SMILES string of the molecule is CCCCCCCCCCCCCCCCCCCC(Cc1ccccc1)C(CCCCCCCCCCCCCCCCCC)[n+]1cc[nH]c1. The molecule has 1 heterocycles. The second kappa shape index (κ2) is 35.5. The van der Waals surface area contributed by atoms with Crippen molar-refractivity contribution in [3.8, 4) is 0 Å². The number of nitrogens with zero attached hydrogens (tertiary/aromatic N) is 1. The maximum Gasteiger partial charge on any atom is 0.241 e. The number of nitrogens with one attached hydrogen (secondary N) is 1. The van der Waals surface area contributed by atoms with Crippen LogP contribution in [0.2, 0.25) is 0 Å².